The first-order valence-electron chi connectivity index (χ1n) is 6.13. The zero-order valence-electron chi connectivity index (χ0n) is 11.3. The maximum Gasteiger partial charge on any atom is 0.251 e. The van der Waals surface area contributed by atoms with E-state index in [4.69, 9.17) is 22.6 Å². The summed E-state index contributed by atoms with van der Waals surface area (Å²) in [5.74, 6) is -0.213. The van der Waals surface area contributed by atoms with Gasteiger partial charge in [0.1, 0.15) is 0 Å². The van der Waals surface area contributed by atoms with Gasteiger partial charge in [-0.1, -0.05) is 11.6 Å². The molecule has 4 N–H and O–H groups in total. The van der Waals surface area contributed by atoms with Gasteiger partial charge in [0.2, 0.25) is 0 Å². The van der Waals surface area contributed by atoms with Crippen LogP contribution in [0.15, 0.2) is 36.4 Å². The standard InChI is InChI=1S/C15H13ClN4O/c1-19-15(21)10-3-5-12(18)14(7-10)20-13-6-9(8-17)2-4-11(13)16/h2-7,20H,18H2,1H3,(H,19,21). The molecule has 0 fully saturated rings. The monoisotopic (exact) mass is 300 g/mol. The van der Waals surface area contributed by atoms with Crippen LogP contribution in [0.4, 0.5) is 17.1 Å². The summed E-state index contributed by atoms with van der Waals surface area (Å²) in [4.78, 5) is 11.6. The number of carbonyl (C=O) groups excluding carboxylic acids is 1. The summed E-state index contributed by atoms with van der Waals surface area (Å²) in [7, 11) is 1.55. The molecule has 0 unspecified atom stereocenters. The molecule has 0 saturated heterocycles. The molecule has 1 amide bonds. The summed E-state index contributed by atoms with van der Waals surface area (Å²) in [6, 6.07) is 11.8. The fraction of sp³-hybridized carbons (Fsp3) is 0.0667. The fourth-order valence-electron chi connectivity index (χ4n) is 1.79. The Balaban J connectivity index is 2.39. The van der Waals surface area contributed by atoms with E-state index in [1.165, 1.54) is 0 Å². The second-order valence-corrected chi connectivity index (χ2v) is 4.72. The molecule has 6 heteroatoms. The number of nitrogens with one attached hydrogen (secondary N) is 2. The highest BCUT2D eigenvalue weighted by Gasteiger charge is 2.09. The molecule has 0 radical (unpaired) electrons. The number of nitrogen functional groups attached to an aromatic ring is 1. The van der Waals surface area contributed by atoms with Gasteiger partial charge in [0.25, 0.3) is 5.91 Å². The van der Waals surface area contributed by atoms with Crippen molar-refractivity contribution in [2.75, 3.05) is 18.1 Å². The number of nitrogens with zero attached hydrogens (tertiary/aromatic N) is 1. The van der Waals surface area contributed by atoms with Crippen molar-refractivity contribution in [1.29, 1.82) is 5.26 Å². The lowest BCUT2D eigenvalue weighted by atomic mass is 10.1. The Morgan fingerprint density at radius 3 is 2.67 bits per heavy atom. The summed E-state index contributed by atoms with van der Waals surface area (Å²) in [6.07, 6.45) is 0. The number of nitrogens with two attached hydrogens (primary N) is 1. The molecule has 0 atom stereocenters. The van der Waals surface area contributed by atoms with Gasteiger partial charge in [0.15, 0.2) is 0 Å². The molecule has 2 aromatic rings. The SMILES string of the molecule is CNC(=O)c1ccc(N)c(Nc2cc(C#N)ccc2Cl)c1. The van der Waals surface area contributed by atoms with Crippen LogP contribution in [-0.2, 0) is 0 Å². The molecule has 0 heterocycles. The number of carbonyl (C=O) groups is 1. The first-order valence-corrected chi connectivity index (χ1v) is 6.51. The molecule has 0 spiro atoms. The lowest BCUT2D eigenvalue weighted by Gasteiger charge is -2.12. The van der Waals surface area contributed by atoms with Gasteiger partial charge in [-0.2, -0.15) is 5.26 Å². The zero-order valence-corrected chi connectivity index (χ0v) is 12.0. The average Bonchev–Trinajstić information content (AvgIpc) is 2.50. The highest BCUT2D eigenvalue weighted by Crippen LogP contribution is 2.29. The van der Waals surface area contributed by atoms with Crippen molar-refractivity contribution in [3.8, 4) is 6.07 Å². The van der Waals surface area contributed by atoms with Crippen LogP contribution in [0.5, 0.6) is 0 Å². The molecule has 2 rings (SSSR count). The van der Waals surface area contributed by atoms with Crippen molar-refractivity contribution in [2.24, 2.45) is 0 Å². The first kappa shape index (κ1) is 14.7. The molecule has 5 nitrogen and oxygen atoms in total. The van der Waals surface area contributed by atoms with Crippen molar-refractivity contribution in [1.82, 2.24) is 5.32 Å². The third-order valence-electron chi connectivity index (χ3n) is 2.91. The number of halogens is 1. The normalized spacial score (nSPS) is 9.76. The molecule has 0 saturated carbocycles. The van der Waals surface area contributed by atoms with Crippen molar-refractivity contribution in [2.45, 2.75) is 0 Å². The minimum atomic E-state index is -0.213. The lowest BCUT2D eigenvalue weighted by molar-refractivity contribution is 0.0963. The Hall–Kier alpha value is -2.71. The molecule has 0 aliphatic carbocycles. The van der Waals surface area contributed by atoms with Crippen LogP contribution < -0.4 is 16.4 Å². The molecule has 0 aliphatic heterocycles. The topological polar surface area (TPSA) is 90.9 Å². The number of benzene rings is 2. The minimum Gasteiger partial charge on any atom is -0.397 e. The maximum atomic E-state index is 11.6. The third kappa shape index (κ3) is 3.25. The van der Waals surface area contributed by atoms with Crippen LogP contribution in [0, 0.1) is 11.3 Å². The number of nitriles is 1. The van der Waals surface area contributed by atoms with E-state index in [1.807, 2.05) is 6.07 Å². The van der Waals surface area contributed by atoms with Crippen LogP contribution in [0.3, 0.4) is 0 Å². The van der Waals surface area contributed by atoms with E-state index in [9.17, 15) is 4.79 Å². The molecule has 21 heavy (non-hydrogen) atoms. The van der Waals surface area contributed by atoms with Crippen LogP contribution in [0.1, 0.15) is 15.9 Å². The van der Waals surface area contributed by atoms with E-state index in [0.29, 0.717) is 33.2 Å². The molecule has 0 aliphatic rings. The number of anilines is 3. The van der Waals surface area contributed by atoms with E-state index in [2.05, 4.69) is 10.6 Å². The van der Waals surface area contributed by atoms with Crippen LogP contribution >= 0.6 is 11.6 Å². The van der Waals surface area contributed by atoms with Crippen molar-refractivity contribution < 1.29 is 4.79 Å². The van der Waals surface area contributed by atoms with E-state index in [1.54, 1.807) is 43.4 Å². The van der Waals surface area contributed by atoms with Gasteiger partial charge in [-0.15, -0.1) is 0 Å². The van der Waals surface area contributed by atoms with Gasteiger partial charge in [0, 0.05) is 12.6 Å². The Morgan fingerprint density at radius 2 is 2.00 bits per heavy atom. The number of hydrogen-bond acceptors (Lipinski definition) is 4. The van der Waals surface area contributed by atoms with Crippen LogP contribution in [0.25, 0.3) is 0 Å². The molecule has 0 aromatic heterocycles. The summed E-state index contributed by atoms with van der Waals surface area (Å²) in [5.41, 5.74) is 8.42. The van der Waals surface area contributed by atoms with Gasteiger partial charge in [0.05, 0.1) is 33.7 Å². The van der Waals surface area contributed by atoms with Crippen LogP contribution in [-0.4, -0.2) is 13.0 Å². The van der Waals surface area contributed by atoms with E-state index >= 15 is 0 Å². The van der Waals surface area contributed by atoms with Gasteiger partial charge in [-0.25, -0.2) is 0 Å². The number of hydrogen-bond donors (Lipinski definition) is 3. The smallest absolute Gasteiger partial charge is 0.251 e. The van der Waals surface area contributed by atoms with Gasteiger partial charge >= 0.3 is 0 Å². The van der Waals surface area contributed by atoms with Gasteiger partial charge in [-0.3, -0.25) is 4.79 Å². The predicted molar refractivity (Wildman–Crippen MR) is 83.7 cm³/mol. The summed E-state index contributed by atoms with van der Waals surface area (Å²) >= 11 is 6.09. The van der Waals surface area contributed by atoms with Gasteiger partial charge in [-0.05, 0) is 36.4 Å². The molecule has 0 bridgehead atoms. The van der Waals surface area contributed by atoms with E-state index in [0.717, 1.165) is 0 Å². The predicted octanol–water partition coefficient (Wildman–Crippen LogP) is 2.90. The molecular weight excluding hydrogens is 288 g/mol. The second-order valence-electron chi connectivity index (χ2n) is 4.31. The van der Waals surface area contributed by atoms with Crippen molar-refractivity contribution in [3.05, 3.63) is 52.5 Å². The van der Waals surface area contributed by atoms with Crippen molar-refractivity contribution in [3.63, 3.8) is 0 Å². The average molecular weight is 301 g/mol. The summed E-state index contributed by atoms with van der Waals surface area (Å²) in [6.45, 7) is 0. The number of rotatable bonds is 3. The minimum absolute atomic E-state index is 0.213. The summed E-state index contributed by atoms with van der Waals surface area (Å²) < 4.78 is 0. The molecule has 106 valence electrons. The van der Waals surface area contributed by atoms with E-state index in [-0.39, 0.29) is 5.91 Å². The Bertz CT molecular complexity index is 737. The molecular formula is C15H13ClN4O. The Morgan fingerprint density at radius 1 is 1.24 bits per heavy atom. The lowest BCUT2D eigenvalue weighted by Crippen LogP contribution is -2.18. The highest BCUT2D eigenvalue weighted by atomic mass is 35.5. The zero-order chi connectivity index (χ0) is 15.4. The first-order chi connectivity index (χ1) is 10.0. The van der Waals surface area contributed by atoms with Crippen LogP contribution in [0.2, 0.25) is 5.02 Å². The maximum absolute atomic E-state index is 11.6. The molecule has 2 aromatic carbocycles. The Kier molecular flexibility index (Phi) is 4.31. The second kappa shape index (κ2) is 6.16. The largest absolute Gasteiger partial charge is 0.397 e. The number of amides is 1. The Labute approximate surface area is 127 Å². The fourth-order valence-corrected chi connectivity index (χ4v) is 1.95. The van der Waals surface area contributed by atoms with E-state index < -0.39 is 0 Å². The highest BCUT2D eigenvalue weighted by molar-refractivity contribution is 6.33. The van der Waals surface area contributed by atoms with Gasteiger partial charge < -0.3 is 16.4 Å². The quantitative estimate of drug-likeness (QED) is 0.760. The van der Waals surface area contributed by atoms with Crippen molar-refractivity contribution >= 4 is 34.6 Å². The summed E-state index contributed by atoms with van der Waals surface area (Å²) in [5, 5.41) is 15.0. The third-order valence-corrected chi connectivity index (χ3v) is 3.24.